The van der Waals surface area contributed by atoms with Crippen molar-refractivity contribution in [2.24, 2.45) is 0 Å². The third kappa shape index (κ3) is 3.47. The molecule has 5 rings (SSSR count). The lowest BCUT2D eigenvalue weighted by Gasteiger charge is -2.03. The first-order valence-electron chi connectivity index (χ1n) is 9.15. The molecule has 5 heteroatoms. The van der Waals surface area contributed by atoms with Gasteiger partial charge in [-0.3, -0.25) is 10.1 Å². The van der Waals surface area contributed by atoms with Crippen LogP contribution in [0, 0.1) is 11.8 Å². The molecule has 2 aromatic carbocycles. The van der Waals surface area contributed by atoms with Crippen molar-refractivity contribution in [2.75, 3.05) is 0 Å². The predicted octanol–water partition coefficient (Wildman–Crippen LogP) is 4.48. The molecule has 0 radical (unpaired) electrons. The van der Waals surface area contributed by atoms with Crippen molar-refractivity contribution in [1.29, 1.82) is 0 Å². The molecule has 0 fully saturated rings. The number of nitrogens with one attached hydrogen (secondary N) is 1. The monoisotopic (exact) mass is 373 g/mol. The summed E-state index contributed by atoms with van der Waals surface area (Å²) in [4.78, 5) is 12.9. The van der Waals surface area contributed by atoms with E-state index < -0.39 is 0 Å². The number of para-hydroxylation sites is 1. The van der Waals surface area contributed by atoms with Crippen LogP contribution in [0.25, 0.3) is 33.3 Å². The predicted molar refractivity (Wildman–Crippen MR) is 113 cm³/mol. The number of rotatable bonds is 2. The average Bonchev–Trinajstić information content (AvgIpc) is 3.28. The molecule has 0 atom stereocenters. The van der Waals surface area contributed by atoms with E-state index in [2.05, 4.69) is 37.0 Å². The standard InChI is InChI=1S/C24H15N5/c1-2-4-22-20(3-1)15-26-23(28-22)10-7-17-5-8-19(9-6-17)24-21(16-27-29-24)18-11-13-25-14-12-18/h1-6,8-9,11-16H,(H,27,29). The van der Waals surface area contributed by atoms with E-state index >= 15 is 0 Å². The van der Waals surface area contributed by atoms with Crippen LogP contribution in [0.15, 0.2) is 85.5 Å². The molecule has 0 amide bonds. The number of fused-ring (bicyclic) bond motifs is 1. The van der Waals surface area contributed by atoms with Gasteiger partial charge >= 0.3 is 0 Å². The highest BCUT2D eigenvalue weighted by atomic mass is 15.1. The molecule has 0 bridgehead atoms. The third-order valence-corrected chi connectivity index (χ3v) is 4.61. The van der Waals surface area contributed by atoms with E-state index in [-0.39, 0.29) is 0 Å². The Balaban J connectivity index is 1.42. The highest BCUT2D eigenvalue weighted by Gasteiger charge is 2.09. The maximum atomic E-state index is 4.49. The molecule has 0 aliphatic heterocycles. The van der Waals surface area contributed by atoms with Crippen LogP contribution in [0.1, 0.15) is 11.4 Å². The number of nitrogens with zero attached hydrogens (tertiary/aromatic N) is 4. The molecule has 0 saturated carbocycles. The summed E-state index contributed by atoms with van der Waals surface area (Å²) in [6, 6.07) is 19.9. The second-order valence-electron chi connectivity index (χ2n) is 6.47. The second-order valence-corrected chi connectivity index (χ2v) is 6.47. The molecule has 0 aliphatic carbocycles. The van der Waals surface area contributed by atoms with Gasteiger partial charge in [-0.05, 0) is 41.8 Å². The van der Waals surface area contributed by atoms with Crippen molar-refractivity contribution in [3.63, 3.8) is 0 Å². The second kappa shape index (κ2) is 7.37. The van der Waals surface area contributed by atoms with E-state index in [1.54, 1.807) is 18.6 Å². The van der Waals surface area contributed by atoms with Gasteiger partial charge in [0.2, 0.25) is 5.82 Å². The van der Waals surface area contributed by atoms with E-state index in [1.165, 1.54) is 0 Å². The molecule has 5 aromatic rings. The Hall–Kier alpha value is -4.30. The van der Waals surface area contributed by atoms with Gasteiger partial charge in [0.15, 0.2) is 0 Å². The van der Waals surface area contributed by atoms with E-state index in [0.717, 1.165) is 38.9 Å². The zero-order chi connectivity index (χ0) is 19.5. The van der Waals surface area contributed by atoms with E-state index in [9.17, 15) is 0 Å². The molecular weight excluding hydrogens is 358 g/mol. The van der Waals surface area contributed by atoms with Crippen molar-refractivity contribution < 1.29 is 0 Å². The van der Waals surface area contributed by atoms with Crippen LogP contribution in [0.3, 0.4) is 0 Å². The van der Waals surface area contributed by atoms with Gasteiger partial charge in [0.25, 0.3) is 0 Å². The topological polar surface area (TPSA) is 67.3 Å². The van der Waals surface area contributed by atoms with Gasteiger partial charge in [0, 0.05) is 40.7 Å². The molecule has 3 heterocycles. The van der Waals surface area contributed by atoms with Crippen LogP contribution in [-0.4, -0.2) is 25.1 Å². The maximum Gasteiger partial charge on any atom is 0.205 e. The molecule has 0 spiro atoms. The SMILES string of the molecule is C(#Cc1ncc2ccccc2n1)c1ccc(-c2[nH]ncc2-c2ccncc2)cc1. The van der Waals surface area contributed by atoms with Crippen LogP contribution in [0.5, 0.6) is 0 Å². The number of aromatic amines is 1. The molecule has 0 aliphatic rings. The first-order chi connectivity index (χ1) is 14.4. The Morgan fingerprint density at radius 3 is 2.45 bits per heavy atom. The summed E-state index contributed by atoms with van der Waals surface area (Å²) in [6.45, 7) is 0. The Bertz CT molecular complexity index is 1340. The van der Waals surface area contributed by atoms with Crippen molar-refractivity contribution in [3.8, 4) is 34.2 Å². The van der Waals surface area contributed by atoms with Crippen LogP contribution >= 0.6 is 0 Å². The number of aromatic nitrogens is 5. The minimum Gasteiger partial charge on any atom is -0.277 e. The smallest absolute Gasteiger partial charge is 0.205 e. The van der Waals surface area contributed by atoms with E-state index in [0.29, 0.717) is 5.82 Å². The van der Waals surface area contributed by atoms with E-state index in [4.69, 9.17) is 0 Å². The Labute approximate surface area is 167 Å². The summed E-state index contributed by atoms with van der Waals surface area (Å²) in [7, 11) is 0. The molecule has 136 valence electrons. The van der Waals surface area contributed by atoms with Gasteiger partial charge < -0.3 is 0 Å². The fourth-order valence-electron chi connectivity index (χ4n) is 3.14. The summed E-state index contributed by atoms with van der Waals surface area (Å²) < 4.78 is 0. The van der Waals surface area contributed by atoms with Gasteiger partial charge in [-0.1, -0.05) is 36.3 Å². The minimum absolute atomic E-state index is 0.515. The van der Waals surface area contributed by atoms with Gasteiger partial charge in [0.1, 0.15) is 0 Å². The molecule has 29 heavy (non-hydrogen) atoms. The van der Waals surface area contributed by atoms with Crippen LogP contribution in [0.2, 0.25) is 0 Å². The van der Waals surface area contributed by atoms with Crippen LogP contribution < -0.4 is 0 Å². The molecule has 0 unspecified atom stereocenters. The van der Waals surface area contributed by atoms with Crippen molar-refractivity contribution in [3.05, 3.63) is 96.8 Å². The van der Waals surface area contributed by atoms with Gasteiger partial charge in [0.05, 0.1) is 17.4 Å². The molecule has 3 aromatic heterocycles. The van der Waals surface area contributed by atoms with Gasteiger partial charge in [-0.25, -0.2) is 9.97 Å². The summed E-state index contributed by atoms with van der Waals surface area (Å²) in [5.74, 6) is 6.70. The van der Waals surface area contributed by atoms with Gasteiger partial charge in [-0.15, -0.1) is 0 Å². The molecule has 0 saturated heterocycles. The minimum atomic E-state index is 0.515. The number of H-pyrrole nitrogens is 1. The molecule has 1 N–H and O–H groups in total. The third-order valence-electron chi connectivity index (χ3n) is 4.61. The quantitative estimate of drug-likeness (QED) is 0.463. The fraction of sp³-hybridized carbons (Fsp3) is 0. The Morgan fingerprint density at radius 1 is 0.759 bits per heavy atom. The molecular formula is C24H15N5. The lowest BCUT2D eigenvalue weighted by molar-refractivity contribution is 1.10. The Morgan fingerprint density at radius 2 is 1.59 bits per heavy atom. The number of benzene rings is 2. The van der Waals surface area contributed by atoms with Crippen LogP contribution in [0.4, 0.5) is 0 Å². The largest absolute Gasteiger partial charge is 0.277 e. The summed E-state index contributed by atoms with van der Waals surface area (Å²) in [6.07, 6.45) is 7.18. The summed E-state index contributed by atoms with van der Waals surface area (Å²) in [5, 5.41) is 8.30. The van der Waals surface area contributed by atoms with Crippen molar-refractivity contribution in [2.45, 2.75) is 0 Å². The number of hydrogen-bond acceptors (Lipinski definition) is 4. The first kappa shape index (κ1) is 16.8. The highest BCUT2D eigenvalue weighted by molar-refractivity contribution is 5.80. The zero-order valence-corrected chi connectivity index (χ0v) is 15.4. The first-order valence-corrected chi connectivity index (χ1v) is 9.15. The zero-order valence-electron chi connectivity index (χ0n) is 15.4. The van der Waals surface area contributed by atoms with Crippen molar-refractivity contribution >= 4 is 10.9 Å². The Kier molecular flexibility index (Phi) is 4.28. The average molecular weight is 373 g/mol. The van der Waals surface area contributed by atoms with Crippen LogP contribution in [-0.2, 0) is 0 Å². The highest BCUT2D eigenvalue weighted by Crippen LogP contribution is 2.29. The maximum absolute atomic E-state index is 4.49. The van der Waals surface area contributed by atoms with E-state index in [1.807, 2.05) is 66.9 Å². The van der Waals surface area contributed by atoms with Crippen molar-refractivity contribution in [1.82, 2.24) is 25.1 Å². The summed E-state index contributed by atoms with van der Waals surface area (Å²) >= 11 is 0. The lowest BCUT2D eigenvalue weighted by Crippen LogP contribution is -1.89. The number of pyridine rings is 1. The summed E-state index contributed by atoms with van der Waals surface area (Å²) in [5.41, 5.74) is 5.91. The molecule has 5 nitrogen and oxygen atoms in total. The fourth-order valence-corrected chi connectivity index (χ4v) is 3.14. The van der Waals surface area contributed by atoms with Gasteiger partial charge in [-0.2, -0.15) is 5.10 Å². The lowest BCUT2D eigenvalue weighted by atomic mass is 10.0. The normalized spacial score (nSPS) is 10.5. The number of hydrogen-bond donors (Lipinski definition) is 1.